The number of rotatable bonds is 5. The summed E-state index contributed by atoms with van der Waals surface area (Å²) in [6.07, 6.45) is -4.91. The van der Waals surface area contributed by atoms with Crippen LogP contribution in [0.15, 0.2) is 24.4 Å². The number of nitrogens with zero attached hydrogens (tertiary/aromatic N) is 2. The van der Waals surface area contributed by atoms with E-state index in [1.807, 2.05) is 24.4 Å². The molecule has 4 rings (SSSR count). The maximum atomic E-state index is 10.6. The van der Waals surface area contributed by atoms with Crippen molar-refractivity contribution in [3.05, 3.63) is 30.1 Å². The quantitative estimate of drug-likeness (QED) is 0.537. The van der Waals surface area contributed by atoms with Crippen LogP contribution >= 0.6 is 0 Å². The van der Waals surface area contributed by atoms with Crippen LogP contribution in [0.25, 0.3) is 0 Å². The molecule has 1 unspecified atom stereocenters. The van der Waals surface area contributed by atoms with Gasteiger partial charge in [-0.25, -0.2) is 9.59 Å². The van der Waals surface area contributed by atoms with Gasteiger partial charge in [0.2, 0.25) is 0 Å². The summed E-state index contributed by atoms with van der Waals surface area (Å²) in [6.45, 7) is 6.19. The Morgan fingerprint density at radius 1 is 1.00 bits per heavy atom. The van der Waals surface area contributed by atoms with Gasteiger partial charge in [0.25, 0.3) is 0 Å². The third-order valence-corrected chi connectivity index (χ3v) is 6.03. The number of carboxylic acids is 2. The molecule has 0 radical (unpaired) electrons. The van der Waals surface area contributed by atoms with Crippen LogP contribution in [0.1, 0.15) is 25.0 Å². The standard InChI is InChI=1S/C18H26N2O3.2C2HF3O2/c1-2-7-19-16(3-1)12-22-11-15-4-10-23-18(15)13-20(14-18)17-5-8-21-9-6-17;2*3-2(4,5)1(6)7/h1-3,7,15,17H,4-6,8-14H2;2*(H,6,7). The molecule has 1 atom stereocenters. The smallest absolute Gasteiger partial charge is 0.475 e. The van der Waals surface area contributed by atoms with Gasteiger partial charge in [-0.1, -0.05) is 6.07 Å². The highest BCUT2D eigenvalue weighted by Gasteiger charge is 2.54. The first kappa shape index (κ1) is 30.7. The van der Waals surface area contributed by atoms with E-state index in [-0.39, 0.29) is 5.60 Å². The summed E-state index contributed by atoms with van der Waals surface area (Å²) in [5, 5.41) is 14.2. The summed E-state index contributed by atoms with van der Waals surface area (Å²) in [5.41, 5.74) is 1.04. The molecule has 1 aromatic rings. The van der Waals surface area contributed by atoms with Gasteiger partial charge in [0, 0.05) is 51.1 Å². The van der Waals surface area contributed by atoms with Crippen molar-refractivity contribution >= 4 is 11.9 Å². The number of likely N-dealkylation sites (tertiary alicyclic amines) is 1. The molecule has 1 aromatic heterocycles. The molecule has 0 bridgehead atoms. The molecule has 37 heavy (non-hydrogen) atoms. The van der Waals surface area contributed by atoms with Gasteiger partial charge in [0.15, 0.2) is 0 Å². The Balaban J connectivity index is 0.000000286. The first-order chi connectivity index (χ1) is 17.2. The van der Waals surface area contributed by atoms with Crippen LogP contribution in [0.3, 0.4) is 0 Å². The van der Waals surface area contributed by atoms with Crippen LogP contribution in [0.2, 0.25) is 0 Å². The molecule has 3 fully saturated rings. The zero-order valence-corrected chi connectivity index (χ0v) is 19.6. The third kappa shape index (κ3) is 9.72. The van der Waals surface area contributed by atoms with Crippen LogP contribution in [-0.4, -0.2) is 95.5 Å². The molecule has 15 heteroatoms. The Bertz CT molecular complexity index is 833. The lowest BCUT2D eigenvalue weighted by Gasteiger charge is -2.54. The summed E-state index contributed by atoms with van der Waals surface area (Å²) >= 11 is 0. The number of alkyl halides is 6. The number of halogens is 6. The first-order valence-electron chi connectivity index (χ1n) is 11.3. The molecule has 9 nitrogen and oxygen atoms in total. The van der Waals surface area contributed by atoms with E-state index < -0.39 is 24.3 Å². The minimum absolute atomic E-state index is 0.0441. The molecule has 210 valence electrons. The van der Waals surface area contributed by atoms with Gasteiger partial charge in [-0.2, -0.15) is 26.3 Å². The van der Waals surface area contributed by atoms with Gasteiger partial charge >= 0.3 is 24.3 Å². The fourth-order valence-electron chi connectivity index (χ4n) is 4.11. The molecule has 0 aromatic carbocycles. The molecule has 4 heterocycles. The molecular weight excluding hydrogens is 518 g/mol. The number of aliphatic carboxylic acids is 2. The number of aromatic nitrogens is 1. The second kappa shape index (κ2) is 13.3. The summed E-state index contributed by atoms with van der Waals surface area (Å²) < 4.78 is 81.0. The third-order valence-electron chi connectivity index (χ3n) is 6.03. The zero-order chi connectivity index (χ0) is 27.7. The van der Waals surface area contributed by atoms with E-state index >= 15 is 0 Å². The molecule has 0 amide bonds. The molecule has 0 saturated carbocycles. The van der Waals surface area contributed by atoms with Crippen LogP contribution in [0.4, 0.5) is 26.3 Å². The molecule has 3 aliphatic rings. The second-order valence-electron chi connectivity index (χ2n) is 8.59. The van der Waals surface area contributed by atoms with Gasteiger partial charge in [-0.15, -0.1) is 0 Å². The van der Waals surface area contributed by atoms with Crippen molar-refractivity contribution in [2.24, 2.45) is 5.92 Å². The minimum atomic E-state index is -5.08. The Kier molecular flexibility index (Phi) is 11.1. The number of carbonyl (C=O) groups is 2. The maximum Gasteiger partial charge on any atom is 0.490 e. The average molecular weight is 546 g/mol. The monoisotopic (exact) mass is 546 g/mol. The maximum absolute atomic E-state index is 10.6. The van der Waals surface area contributed by atoms with E-state index in [2.05, 4.69) is 9.88 Å². The Morgan fingerprint density at radius 2 is 1.57 bits per heavy atom. The summed E-state index contributed by atoms with van der Waals surface area (Å²) in [4.78, 5) is 24.7. The van der Waals surface area contributed by atoms with Gasteiger partial charge < -0.3 is 24.4 Å². The average Bonchev–Trinajstić information content (AvgIpc) is 3.23. The summed E-state index contributed by atoms with van der Waals surface area (Å²) in [6, 6.07) is 6.64. The fourth-order valence-corrected chi connectivity index (χ4v) is 4.11. The molecule has 3 saturated heterocycles. The molecular formula is C22H28F6N2O7. The first-order valence-corrected chi connectivity index (χ1v) is 11.3. The van der Waals surface area contributed by atoms with Gasteiger partial charge in [-0.3, -0.25) is 9.88 Å². The van der Waals surface area contributed by atoms with Gasteiger partial charge in [-0.05, 0) is 31.4 Å². The molecule has 0 aliphatic carbocycles. The lowest BCUT2D eigenvalue weighted by Crippen LogP contribution is -2.68. The number of hydrogen-bond acceptors (Lipinski definition) is 7. The lowest BCUT2D eigenvalue weighted by molar-refractivity contribution is -0.193. The fraction of sp³-hybridized carbons (Fsp3) is 0.682. The van der Waals surface area contributed by atoms with Crippen LogP contribution in [0.5, 0.6) is 0 Å². The van der Waals surface area contributed by atoms with Gasteiger partial charge in [0.05, 0.1) is 24.5 Å². The topological polar surface area (TPSA) is 118 Å². The summed E-state index contributed by atoms with van der Waals surface area (Å²) in [5.74, 6) is -5.00. The van der Waals surface area contributed by atoms with E-state index in [0.717, 1.165) is 64.5 Å². The number of carboxylic acid groups (broad SMARTS) is 2. The van der Waals surface area contributed by atoms with E-state index in [1.54, 1.807) is 0 Å². The van der Waals surface area contributed by atoms with Crippen molar-refractivity contribution in [3.8, 4) is 0 Å². The van der Waals surface area contributed by atoms with Crippen molar-refractivity contribution in [3.63, 3.8) is 0 Å². The van der Waals surface area contributed by atoms with Crippen molar-refractivity contribution in [1.82, 2.24) is 9.88 Å². The highest BCUT2D eigenvalue weighted by atomic mass is 19.4. The summed E-state index contributed by atoms with van der Waals surface area (Å²) in [7, 11) is 0. The predicted octanol–water partition coefficient (Wildman–Crippen LogP) is 3.13. The Morgan fingerprint density at radius 3 is 2.05 bits per heavy atom. The van der Waals surface area contributed by atoms with Crippen molar-refractivity contribution in [1.29, 1.82) is 0 Å². The van der Waals surface area contributed by atoms with Crippen molar-refractivity contribution in [2.45, 2.75) is 49.9 Å². The number of hydrogen-bond donors (Lipinski definition) is 2. The Hall–Kier alpha value is -2.49. The van der Waals surface area contributed by atoms with E-state index in [1.165, 1.54) is 0 Å². The van der Waals surface area contributed by atoms with Crippen molar-refractivity contribution < 1.29 is 60.4 Å². The van der Waals surface area contributed by atoms with Gasteiger partial charge in [0.1, 0.15) is 0 Å². The number of ether oxygens (including phenoxy) is 3. The molecule has 3 aliphatic heterocycles. The van der Waals surface area contributed by atoms with Crippen LogP contribution < -0.4 is 0 Å². The van der Waals surface area contributed by atoms with Crippen LogP contribution in [-0.2, 0) is 30.4 Å². The second-order valence-corrected chi connectivity index (χ2v) is 8.59. The van der Waals surface area contributed by atoms with E-state index in [4.69, 9.17) is 34.0 Å². The van der Waals surface area contributed by atoms with E-state index in [9.17, 15) is 26.3 Å². The molecule has 1 spiro atoms. The normalized spacial score (nSPS) is 21.7. The van der Waals surface area contributed by atoms with Crippen LogP contribution in [0, 0.1) is 5.92 Å². The lowest BCUT2D eigenvalue weighted by atomic mass is 9.79. The predicted molar refractivity (Wildman–Crippen MR) is 113 cm³/mol. The van der Waals surface area contributed by atoms with E-state index in [0.29, 0.717) is 18.6 Å². The SMILES string of the molecule is O=C(O)C(F)(F)F.O=C(O)C(F)(F)F.c1ccc(COCC2CCOC23CN(C2CCOCC2)C3)nc1. The zero-order valence-electron chi connectivity index (χ0n) is 19.6. The highest BCUT2D eigenvalue weighted by molar-refractivity contribution is 5.73. The van der Waals surface area contributed by atoms with Crippen molar-refractivity contribution in [2.75, 3.05) is 39.5 Å². The number of pyridine rings is 1. The minimum Gasteiger partial charge on any atom is -0.475 e. The largest absolute Gasteiger partial charge is 0.490 e. The Labute approximate surface area is 208 Å². The molecule has 2 N–H and O–H groups in total. The highest BCUT2D eigenvalue weighted by Crippen LogP contribution is 2.42.